The van der Waals surface area contributed by atoms with Crippen LogP contribution >= 0.6 is 11.8 Å². The van der Waals surface area contributed by atoms with Crippen LogP contribution in [-0.4, -0.2) is 91.0 Å². The van der Waals surface area contributed by atoms with Crippen molar-refractivity contribution in [2.75, 3.05) is 39.0 Å². The molecule has 0 amide bonds. The first kappa shape index (κ1) is 32.6. The first-order chi connectivity index (χ1) is 18.7. The van der Waals surface area contributed by atoms with E-state index < -0.39 is 5.79 Å². The second-order valence-corrected chi connectivity index (χ2v) is 11.1. The number of aromatic nitrogens is 3. The number of rotatable bonds is 5. The number of nitriles is 1. The Morgan fingerprint density at radius 3 is 2.41 bits per heavy atom. The van der Waals surface area contributed by atoms with Gasteiger partial charge in [-0.05, 0) is 77.3 Å². The number of fused-ring (bicyclic) bond motifs is 1. The molecule has 0 unspecified atom stereocenters. The van der Waals surface area contributed by atoms with E-state index >= 15 is 0 Å². The summed E-state index contributed by atoms with van der Waals surface area (Å²) in [5, 5.41) is 30.6. The van der Waals surface area contributed by atoms with E-state index in [0.717, 1.165) is 48.7 Å². The Kier molecular flexibility index (Phi) is 12.7. The topological polar surface area (TPSA) is 110 Å². The van der Waals surface area contributed by atoms with Crippen LogP contribution in [0.5, 0.6) is 0 Å². The van der Waals surface area contributed by atoms with E-state index in [1.807, 2.05) is 10.8 Å². The highest BCUT2D eigenvalue weighted by Gasteiger charge is 2.44. The summed E-state index contributed by atoms with van der Waals surface area (Å²) in [7, 11) is 0. The molecule has 1 spiro atoms. The average molecular weight is 555 g/mol. The summed E-state index contributed by atoms with van der Waals surface area (Å²) in [6, 6.07) is 6.57. The third-order valence-corrected chi connectivity index (χ3v) is 8.02. The highest BCUT2D eigenvalue weighted by Crippen LogP contribution is 2.41. The zero-order valence-corrected chi connectivity index (χ0v) is 24.2. The summed E-state index contributed by atoms with van der Waals surface area (Å²) in [5.74, 6) is -1.50. The summed E-state index contributed by atoms with van der Waals surface area (Å²) in [6.45, 7) is 7.47. The fraction of sp³-hybridized carbons (Fsp3) is 0.621. The predicted molar refractivity (Wildman–Crippen MR) is 155 cm³/mol. The minimum absolute atomic E-state index is 0.109. The molecule has 3 fully saturated rings. The minimum Gasteiger partial charge on any atom is -0.367 e. The van der Waals surface area contributed by atoms with Gasteiger partial charge in [-0.1, -0.05) is 0 Å². The molecule has 0 saturated carbocycles. The molecule has 2 aromatic rings. The van der Waals surface area contributed by atoms with E-state index in [1.54, 1.807) is 18.1 Å². The maximum Gasteiger partial charge on any atom is 0.156 e. The number of aliphatic hydroxyl groups is 2. The molecule has 3 aliphatic rings. The maximum atomic E-state index is 8.99. The molecule has 212 valence electrons. The molecule has 5 heterocycles. The Morgan fingerprint density at radius 1 is 1.13 bits per heavy atom. The van der Waals surface area contributed by atoms with Crippen LogP contribution in [0.25, 0.3) is 5.52 Å². The van der Waals surface area contributed by atoms with Gasteiger partial charge < -0.3 is 14.9 Å². The largest absolute Gasteiger partial charge is 0.367 e. The van der Waals surface area contributed by atoms with Gasteiger partial charge in [0.1, 0.15) is 17.5 Å². The molecular formula is C29H42N6O3S. The smallest absolute Gasteiger partial charge is 0.156 e. The van der Waals surface area contributed by atoms with Crippen molar-refractivity contribution in [3.05, 3.63) is 24.2 Å². The van der Waals surface area contributed by atoms with E-state index in [9.17, 15) is 0 Å². The highest BCUT2D eigenvalue weighted by atomic mass is 32.2. The molecule has 9 nitrogen and oxygen atoms in total. The van der Waals surface area contributed by atoms with Crippen molar-refractivity contribution in [3.8, 4) is 31.8 Å². The summed E-state index contributed by atoms with van der Waals surface area (Å²) >= 11 is 1.65. The Balaban J connectivity index is 0.000000527. The summed E-state index contributed by atoms with van der Waals surface area (Å²) in [4.78, 5) is 9.39. The molecule has 0 radical (unpaired) electrons. The molecule has 2 N–H and O–H groups in total. The van der Waals surface area contributed by atoms with Crippen molar-refractivity contribution in [3.63, 3.8) is 0 Å². The van der Waals surface area contributed by atoms with Crippen LogP contribution < -0.4 is 0 Å². The fourth-order valence-corrected chi connectivity index (χ4v) is 6.22. The van der Waals surface area contributed by atoms with Gasteiger partial charge in [0.2, 0.25) is 0 Å². The highest BCUT2D eigenvalue weighted by molar-refractivity contribution is 7.98. The quantitative estimate of drug-likeness (QED) is 0.249. The van der Waals surface area contributed by atoms with Crippen LogP contribution in [0, 0.1) is 37.0 Å². The second kappa shape index (κ2) is 15.2. The van der Waals surface area contributed by atoms with Gasteiger partial charge in [-0.2, -0.15) is 10.4 Å². The number of terminal acetylenes is 2. The molecule has 0 aromatic carbocycles. The molecule has 3 aliphatic heterocycles. The number of nitrogens with zero attached hydrogens (tertiary/aromatic N) is 6. The Labute approximate surface area is 237 Å². The van der Waals surface area contributed by atoms with E-state index in [1.165, 1.54) is 46.1 Å². The number of piperidine rings is 1. The first-order valence-electron chi connectivity index (χ1n) is 13.2. The van der Waals surface area contributed by atoms with Crippen molar-refractivity contribution in [1.82, 2.24) is 24.4 Å². The van der Waals surface area contributed by atoms with Gasteiger partial charge in [-0.15, -0.1) is 37.5 Å². The first-order valence-corrected chi connectivity index (χ1v) is 14.4. The molecule has 0 aliphatic carbocycles. The lowest BCUT2D eigenvalue weighted by Crippen LogP contribution is -2.53. The lowest BCUT2D eigenvalue weighted by Gasteiger charge is -2.45. The van der Waals surface area contributed by atoms with E-state index in [0.29, 0.717) is 12.1 Å². The lowest BCUT2D eigenvalue weighted by molar-refractivity contribution is -0.127. The number of likely N-dealkylation sites (tertiary alicyclic amines) is 2. The monoisotopic (exact) mass is 554 g/mol. The molecule has 3 saturated heterocycles. The molecule has 0 bridgehead atoms. The maximum absolute atomic E-state index is 8.99. The van der Waals surface area contributed by atoms with Crippen molar-refractivity contribution < 1.29 is 14.9 Å². The molecule has 10 heteroatoms. The van der Waals surface area contributed by atoms with Gasteiger partial charge in [-0.3, -0.25) is 9.80 Å². The third-order valence-electron chi connectivity index (χ3n) is 7.32. The second-order valence-electron chi connectivity index (χ2n) is 10.4. The SMILES string of the molecule is C#C.C#C.CC(C)(O)O.CSc1ncnn2c([C@H]3CC[C@@H](CN4CCCC45CCN(CC#N)CC5)O3)ccc12. The van der Waals surface area contributed by atoms with Crippen molar-refractivity contribution >= 4 is 17.3 Å². The predicted octanol–water partition coefficient (Wildman–Crippen LogP) is 3.33. The molecule has 2 atom stereocenters. The summed E-state index contributed by atoms with van der Waals surface area (Å²) < 4.78 is 8.57. The zero-order chi connectivity index (χ0) is 29.1. The van der Waals surface area contributed by atoms with Gasteiger partial charge in [0.05, 0.1) is 29.9 Å². The third kappa shape index (κ3) is 8.68. The number of ether oxygens (including phenoxy) is 1. The molecule has 2 aromatic heterocycles. The summed E-state index contributed by atoms with van der Waals surface area (Å²) in [5.41, 5.74) is 2.54. The zero-order valence-electron chi connectivity index (χ0n) is 23.4. The normalized spacial score (nSPS) is 22.6. The van der Waals surface area contributed by atoms with Gasteiger partial charge in [0.25, 0.3) is 0 Å². The summed E-state index contributed by atoms with van der Waals surface area (Å²) in [6.07, 6.45) is 27.2. The van der Waals surface area contributed by atoms with Crippen molar-refractivity contribution in [2.24, 2.45) is 0 Å². The van der Waals surface area contributed by atoms with Gasteiger partial charge in [0, 0.05) is 25.2 Å². The molecule has 5 rings (SSSR count). The minimum atomic E-state index is -1.50. The van der Waals surface area contributed by atoms with Crippen LogP contribution in [0.4, 0.5) is 0 Å². The van der Waals surface area contributed by atoms with Crippen LogP contribution in [0.1, 0.15) is 64.2 Å². The van der Waals surface area contributed by atoms with Crippen LogP contribution in [0.15, 0.2) is 23.5 Å². The number of hydrogen-bond donors (Lipinski definition) is 2. The van der Waals surface area contributed by atoms with Gasteiger partial charge in [0.15, 0.2) is 5.79 Å². The van der Waals surface area contributed by atoms with E-state index in [2.05, 4.69) is 63.8 Å². The molecular weight excluding hydrogens is 512 g/mol. The van der Waals surface area contributed by atoms with Gasteiger partial charge in [-0.25, -0.2) is 9.50 Å². The van der Waals surface area contributed by atoms with Crippen LogP contribution in [0.3, 0.4) is 0 Å². The Bertz CT molecular complexity index is 1100. The lowest BCUT2D eigenvalue weighted by atomic mass is 9.84. The standard InChI is InChI=1S/C22H30N6OS.C3H8O2.2C2H2/c1-30-21-19-5-4-18(28(19)25-16-24-21)20-6-3-17(29-20)15-27-11-2-7-22(27)8-12-26(13-9-22)14-10-23;1-3(2,4)5;2*1-2/h4-5,16-17,20H,2-3,6-9,11-15H2,1H3;4-5H,1-2H3;2*1-2H/t17-,20+;;;/m0.../s1. The van der Waals surface area contributed by atoms with Crippen molar-refractivity contribution in [2.45, 2.75) is 80.9 Å². The van der Waals surface area contributed by atoms with Crippen LogP contribution in [-0.2, 0) is 4.74 Å². The van der Waals surface area contributed by atoms with E-state index in [-0.39, 0.29) is 12.2 Å². The number of thioether (sulfide) groups is 1. The van der Waals surface area contributed by atoms with Gasteiger partial charge >= 0.3 is 0 Å². The fourth-order valence-electron chi connectivity index (χ4n) is 5.71. The van der Waals surface area contributed by atoms with Crippen LogP contribution in [0.2, 0.25) is 0 Å². The molecule has 39 heavy (non-hydrogen) atoms. The average Bonchev–Trinajstić information content (AvgIpc) is 3.66. The van der Waals surface area contributed by atoms with E-state index in [4.69, 9.17) is 20.2 Å². The Hall–Kier alpha value is -2.62. The number of hydrogen-bond acceptors (Lipinski definition) is 9. The Morgan fingerprint density at radius 2 is 1.79 bits per heavy atom. The van der Waals surface area contributed by atoms with Crippen molar-refractivity contribution in [1.29, 1.82) is 5.26 Å².